The molecule has 0 saturated carbocycles. The molecule has 0 aliphatic rings. The van der Waals surface area contributed by atoms with Gasteiger partial charge in [0.2, 0.25) is 0 Å². The molecule has 1 unspecified atom stereocenters. The van der Waals surface area contributed by atoms with E-state index in [4.69, 9.17) is 0 Å². The van der Waals surface area contributed by atoms with E-state index < -0.39 is 5.82 Å². The average Bonchev–Trinajstić information content (AvgIpc) is 2.31. The summed E-state index contributed by atoms with van der Waals surface area (Å²) >= 11 is 3.09. The third-order valence-electron chi connectivity index (χ3n) is 2.87. The average molecular weight is 302 g/mol. The molecule has 0 spiro atoms. The number of halogens is 2. The van der Waals surface area contributed by atoms with Gasteiger partial charge in [0.25, 0.3) is 5.91 Å². The minimum absolute atomic E-state index is 0.116. The largest absolute Gasteiger partial charge is 0.339 e. The van der Waals surface area contributed by atoms with Crippen molar-refractivity contribution in [3.8, 4) is 0 Å². The first-order valence-electron chi connectivity index (χ1n) is 5.70. The molecule has 1 atom stereocenters. The van der Waals surface area contributed by atoms with Gasteiger partial charge in [-0.25, -0.2) is 4.39 Å². The molecule has 0 N–H and O–H groups in total. The quantitative estimate of drug-likeness (QED) is 0.827. The van der Waals surface area contributed by atoms with Crippen LogP contribution >= 0.6 is 15.9 Å². The first-order valence-corrected chi connectivity index (χ1v) is 6.49. The van der Waals surface area contributed by atoms with Gasteiger partial charge in [-0.2, -0.15) is 0 Å². The summed E-state index contributed by atoms with van der Waals surface area (Å²) in [6.07, 6.45) is 1.91. The van der Waals surface area contributed by atoms with Crippen LogP contribution in [0.3, 0.4) is 0 Å². The molecule has 1 aromatic rings. The van der Waals surface area contributed by atoms with Crippen molar-refractivity contribution in [3.63, 3.8) is 0 Å². The fourth-order valence-electron chi connectivity index (χ4n) is 1.67. The zero-order valence-corrected chi connectivity index (χ0v) is 11.9. The third-order valence-corrected chi connectivity index (χ3v) is 3.48. The number of nitrogens with zero attached hydrogens (tertiary/aromatic N) is 1. The van der Waals surface area contributed by atoms with Gasteiger partial charge in [0.05, 0.1) is 10.0 Å². The van der Waals surface area contributed by atoms with E-state index in [1.54, 1.807) is 24.1 Å². The minimum atomic E-state index is -0.493. The summed E-state index contributed by atoms with van der Waals surface area (Å²) in [4.78, 5) is 13.7. The molecule has 0 aromatic heterocycles. The Kier molecular flexibility index (Phi) is 5.12. The summed E-state index contributed by atoms with van der Waals surface area (Å²) < 4.78 is 14.1. The van der Waals surface area contributed by atoms with E-state index in [1.807, 2.05) is 6.92 Å². The zero-order valence-electron chi connectivity index (χ0n) is 10.3. The van der Waals surface area contributed by atoms with Crippen LogP contribution in [0.4, 0.5) is 4.39 Å². The molecule has 0 saturated heterocycles. The molecule has 0 radical (unpaired) electrons. The normalized spacial score (nSPS) is 12.3. The number of hydrogen-bond acceptors (Lipinski definition) is 1. The molecule has 0 aliphatic heterocycles. The highest BCUT2D eigenvalue weighted by Gasteiger charge is 2.20. The fourth-order valence-corrected chi connectivity index (χ4v) is 2.04. The standard InChI is InChI=1S/C13H17BrFNO/c1-4-6-9(2)16(3)13(17)10-7-5-8-11(14)12(10)15/h5,7-9H,4,6H2,1-3H3. The van der Waals surface area contributed by atoms with Gasteiger partial charge in [0.15, 0.2) is 0 Å². The molecule has 1 aromatic carbocycles. The Bertz CT molecular complexity index is 408. The lowest BCUT2D eigenvalue weighted by Gasteiger charge is -2.25. The smallest absolute Gasteiger partial charge is 0.256 e. The molecule has 2 nitrogen and oxygen atoms in total. The van der Waals surface area contributed by atoms with Crippen molar-refractivity contribution >= 4 is 21.8 Å². The van der Waals surface area contributed by atoms with Crippen molar-refractivity contribution in [2.24, 2.45) is 0 Å². The van der Waals surface area contributed by atoms with Crippen molar-refractivity contribution in [2.45, 2.75) is 32.7 Å². The van der Waals surface area contributed by atoms with E-state index in [0.717, 1.165) is 12.8 Å². The molecule has 1 amide bonds. The predicted octanol–water partition coefficient (Wildman–Crippen LogP) is 3.85. The molecule has 4 heteroatoms. The Labute approximate surface area is 110 Å². The van der Waals surface area contributed by atoms with E-state index in [2.05, 4.69) is 22.9 Å². The molecule has 94 valence electrons. The molecule has 0 heterocycles. The van der Waals surface area contributed by atoms with Gasteiger partial charge in [-0.1, -0.05) is 19.4 Å². The van der Waals surface area contributed by atoms with Gasteiger partial charge >= 0.3 is 0 Å². The molecule has 0 bridgehead atoms. The van der Waals surface area contributed by atoms with Gasteiger partial charge in [-0.3, -0.25) is 4.79 Å². The van der Waals surface area contributed by atoms with Crippen molar-refractivity contribution in [1.29, 1.82) is 0 Å². The minimum Gasteiger partial charge on any atom is -0.339 e. The second-order valence-corrected chi connectivity index (χ2v) is 5.01. The topological polar surface area (TPSA) is 20.3 Å². The van der Waals surface area contributed by atoms with Crippen LogP contribution in [0, 0.1) is 5.82 Å². The molecule has 0 aliphatic carbocycles. The summed E-state index contributed by atoms with van der Waals surface area (Å²) in [5, 5.41) is 0. The lowest BCUT2D eigenvalue weighted by atomic mass is 10.1. The summed E-state index contributed by atoms with van der Waals surface area (Å²) in [5.74, 6) is -0.766. The van der Waals surface area contributed by atoms with Gasteiger partial charge in [0, 0.05) is 13.1 Å². The first-order chi connectivity index (χ1) is 7.99. The Morgan fingerprint density at radius 1 is 1.53 bits per heavy atom. The van der Waals surface area contributed by atoms with Crippen LogP contribution in [0.25, 0.3) is 0 Å². The number of amides is 1. The summed E-state index contributed by atoms with van der Waals surface area (Å²) in [6, 6.07) is 4.88. The van der Waals surface area contributed by atoms with Crippen LogP contribution in [0.2, 0.25) is 0 Å². The maximum Gasteiger partial charge on any atom is 0.256 e. The van der Waals surface area contributed by atoms with Crippen LogP contribution in [-0.4, -0.2) is 23.9 Å². The summed E-state index contributed by atoms with van der Waals surface area (Å²) in [7, 11) is 1.71. The second-order valence-electron chi connectivity index (χ2n) is 4.16. The van der Waals surface area contributed by atoms with Crippen LogP contribution in [0.1, 0.15) is 37.0 Å². The molecular formula is C13H17BrFNO. The predicted molar refractivity (Wildman–Crippen MR) is 70.6 cm³/mol. The second kappa shape index (κ2) is 6.15. The molecule has 1 rings (SSSR count). The number of hydrogen-bond donors (Lipinski definition) is 0. The molecular weight excluding hydrogens is 285 g/mol. The Balaban J connectivity index is 2.93. The van der Waals surface area contributed by atoms with Crippen LogP contribution in [0.5, 0.6) is 0 Å². The third kappa shape index (κ3) is 3.28. The van der Waals surface area contributed by atoms with Gasteiger partial charge in [-0.15, -0.1) is 0 Å². The van der Waals surface area contributed by atoms with Gasteiger partial charge < -0.3 is 4.90 Å². The number of carbonyl (C=O) groups is 1. The van der Waals surface area contributed by atoms with E-state index in [1.165, 1.54) is 6.07 Å². The van der Waals surface area contributed by atoms with E-state index >= 15 is 0 Å². The first kappa shape index (κ1) is 14.2. The summed E-state index contributed by atoms with van der Waals surface area (Å²) in [5.41, 5.74) is 0.116. The highest BCUT2D eigenvalue weighted by molar-refractivity contribution is 9.10. The fraction of sp³-hybridized carbons (Fsp3) is 0.462. The van der Waals surface area contributed by atoms with Crippen LogP contribution in [0.15, 0.2) is 22.7 Å². The number of benzene rings is 1. The van der Waals surface area contributed by atoms with Crippen LogP contribution in [-0.2, 0) is 0 Å². The maximum absolute atomic E-state index is 13.8. The van der Waals surface area contributed by atoms with E-state index in [9.17, 15) is 9.18 Å². The zero-order chi connectivity index (χ0) is 13.0. The van der Waals surface area contributed by atoms with Gasteiger partial charge in [-0.05, 0) is 41.4 Å². The van der Waals surface area contributed by atoms with E-state index in [0.29, 0.717) is 4.47 Å². The molecule has 17 heavy (non-hydrogen) atoms. The van der Waals surface area contributed by atoms with Crippen LogP contribution < -0.4 is 0 Å². The Hall–Kier alpha value is -0.900. The maximum atomic E-state index is 13.8. The number of rotatable bonds is 4. The summed E-state index contributed by atoms with van der Waals surface area (Å²) in [6.45, 7) is 4.03. The number of carbonyl (C=O) groups excluding carboxylic acids is 1. The highest BCUT2D eigenvalue weighted by atomic mass is 79.9. The van der Waals surface area contributed by atoms with Crippen molar-refractivity contribution in [2.75, 3.05) is 7.05 Å². The molecule has 0 fully saturated rings. The SMILES string of the molecule is CCCC(C)N(C)C(=O)c1cccc(Br)c1F. The van der Waals surface area contributed by atoms with E-state index in [-0.39, 0.29) is 17.5 Å². The van der Waals surface area contributed by atoms with Gasteiger partial charge in [0.1, 0.15) is 5.82 Å². The lowest BCUT2D eigenvalue weighted by molar-refractivity contribution is 0.0732. The Morgan fingerprint density at radius 2 is 2.18 bits per heavy atom. The highest BCUT2D eigenvalue weighted by Crippen LogP contribution is 2.20. The Morgan fingerprint density at radius 3 is 2.76 bits per heavy atom. The van der Waals surface area contributed by atoms with Crippen molar-refractivity contribution in [3.05, 3.63) is 34.1 Å². The monoisotopic (exact) mass is 301 g/mol. The van der Waals surface area contributed by atoms with Crippen molar-refractivity contribution < 1.29 is 9.18 Å². The van der Waals surface area contributed by atoms with Crippen molar-refractivity contribution in [1.82, 2.24) is 4.90 Å². The lowest BCUT2D eigenvalue weighted by Crippen LogP contribution is -2.35.